The summed E-state index contributed by atoms with van der Waals surface area (Å²) < 4.78 is 7.19. The van der Waals surface area contributed by atoms with Crippen molar-refractivity contribution >= 4 is 38.7 Å². The number of aromatic nitrogens is 2. The maximum Gasteiger partial charge on any atom is 0.311 e. The van der Waals surface area contributed by atoms with Gasteiger partial charge >= 0.3 is 5.69 Å². The highest BCUT2D eigenvalue weighted by atomic mass is 79.9. The summed E-state index contributed by atoms with van der Waals surface area (Å²) in [5.41, 5.74) is -0.0772. The highest BCUT2D eigenvalue weighted by Crippen LogP contribution is 2.28. The Bertz CT molecular complexity index is 1300. The van der Waals surface area contributed by atoms with Crippen LogP contribution in [-0.2, 0) is 5.41 Å². The van der Waals surface area contributed by atoms with Gasteiger partial charge in [-0.3, -0.25) is 14.9 Å². The van der Waals surface area contributed by atoms with Crippen LogP contribution in [0, 0.1) is 22.5 Å². The normalized spacial score (nSPS) is 11.6. The summed E-state index contributed by atoms with van der Waals surface area (Å²) in [6.45, 7) is 5.69. The van der Waals surface area contributed by atoms with Gasteiger partial charge in [-0.25, -0.2) is 4.98 Å². The molecule has 1 heterocycles. The van der Waals surface area contributed by atoms with Crippen LogP contribution in [0.1, 0.15) is 32.2 Å². The molecule has 8 nitrogen and oxygen atoms in total. The molecule has 9 heteroatoms. The molecule has 3 rings (SSSR count). The minimum atomic E-state index is -0.564. The van der Waals surface area contributed by atoms with Gasteiger partial charge in [-0.1, -0.05) is 42.6 Å². The first-order chi connectivity index (χ1) is 14.6. The highest BCUT2D eigenvalue weighted by Gasteiger charge is 2.23. The van der Waals surface area contributed by atoms with Crippen molar-refractivity contribution in [2.75, 3.05) is 6.61 Å². The number of nitrogens with zero attached hydrogens (tertiary/aromatic N) is 4. The Kier molecular flexibility index (Phi) is 6.22. The van der Waals surface area contributed by atoms with Gasteiger partial charge in [0.25, 0.3) is 5.56 Å². The van der Waals surface area contributed by atoms with E-state index in [2.05, 4.69) is 31.9 Å². The van der Waals surface area contributed by atoms with Gasteiger partial charge in [0.05, 0.1) is 22.0 Å². The number of nitro benzene ring substituents is 1. The molecule has 1 aromatic heterocycles. The Morgan fingerprint density at radius 2 is 2.06 bits per heavy atom. The number of hydrogen-bond donors (Lipinski definition) is 0. The van der Waals surface area contributed by atoms with Crippen LogP contribution in [-0.4, -0.2) is 27.4 Å². The molecule has 31 heavy (non-hydrogen) atoms. The van der Waals surface area contributed by atoms with Crippen LogP contribution in [0.4, 0.5) is 5.69 Å². The van der Waals surface area contributed by atoms with Crippen molar-refractivity contribution < 1.29 is 9.66 Å². The Hall–Kier alpha value is -3.51. The van der Waals surface area contributed by atoms with Crippen molar-refractivity contribution in [1.82, 2.24) is 9.66 Å². The molecular formula is C22H19BrN4O4. The van der Waals surface area contributed by atoms with E-state index in [4.69, 9.17) is 11.2 Å². The molecule has 0 fully saturated rings. The lowest BCUT2D eigenvalue weighted by Gasteiger charge is -2.20. The fraction of sp³-hybridized carbons (Fsp3) is 0.227. The second kappa shape index (κ2) is 8.70. The van der Waals surface area contributed by atoms with Crippen LogP contribution in [0.25, 0.3) is 10.9 Å². The molecule has 0 amide bonds. The predicted octanol–water partition coefficient (Wildman–Crippen LogP) is 4.26. The number of hydrogen-bond acceptors (Lipinski definition) is 6. The fourth-order valence-corrected chi connectivity index (χ4v) is 3.23. The molecule has 0 bridgehead atoms. The first-order valence-corrected chi connectivity index (χ1v) is 10.0. The number of terminal acetylenes is 1. The van der Waals surface area contributed by atoms with Crippen LogP contribution >= 0.6 is 15.9 Å². The summed E-state index contributed by atoms with van der Waals surface area (Å²) in [7, 11) is 0. The van der Waals surface area contributed by atoms with Crippen LogP contribution in [0.5, 0.6) is 5.75 Å². The maximum absolute atomic E-state index is 13.2. The molecule has 0 saturated carbocycles. The van der Waals surface area contributed by atoms with E-state index in [0.717, 1.165) is 4.47 Å². The number of halogens is 1. The van der Waals surface area contributed by atoms with Gasteiger partial charge in [0.1, 0.15) is 12.4 Å². The third-order valence-electron chi connectivity index (χ3n) is 4.29. The quantitative estimate of drug-likeness (QED) is 0.234. The lowest BCUT2D eigenvalue weighted by Crippen LogP contribution is -2.29. The van der Waals surface area contributed by atoms with Gasteiger partial charge in [-0.15, -0.1) is 6.42 Å². The average molecular weight is 483 g/mol. The van der Waals surface area contributed by atoms with E-state index >= 15 is 0 Å². The average Bonchev–Trinajstić information content (AvgIpc) is 2.71. The molecule has 0 N–H and O–H groups in total. The van der Waals surface area contributed by atoms with Gasteiger partial charge in [0, 0.05) is 21.5 Å². The van der Waals surface area contributed by atoms with E-state index in [-0.39, 0.29) is 23.6 Å². The number of fused-ring (bicyclic) bond motifs is 1. The molecular weight excluding hydrogens is 464 g/mol. The predicted molar refractivity (Wildman–Crippen MR) is 123 cm³/mol. The zero-order valence-corrected chi connectivity index (χ0v) is 18.7. The summed E-state index contributed by atoms with van der Waals surface area (Å²) in [6, 6.07) is 9.61. The number of benzene rings is 2. The van der Waals surface area contributed by atoms with Crippen LogP contribution in [0.2, 0.25) is 0 Å². The van der Waals surface area contributed by atoms with E-state index in [9.17, 15) is 14.9 Å². The topological polar surface area (TPSA) is 99.6 Å². The largest absolute Gasteiger partial charge is 0.474 e. The van der Waals surface area contributed by atoms with Crippen molar-refractivity contribution in [3.63, 3.8) is 0 Å². The molecule has 0 aliphatic heterocycles. The van der Waals surface area contributed by atoms with Crippen molar-refractivity contribution in [1.29, 1.82) is 0 Å². The molecule has 0 spiro atoms. The van der Waals surface area contributed by atoms with E-state index in [0.29, 0.717) is 22.3 Å². The molecule has 3 aromatic rings. The SMILES string of the molecule is C#CCOc1ccc(C=Nn2c(C(C)(C)C)nc3ccc(Br)cc3c2=O)cc1[N+](=O)[O-]. The highest BCUT2D eigenvalue weighted by molar-refractivity contribution is 9.10. The molecule has 0 unspecified atom stereocenters. The summed E-state index contributed by atoms with van der Waals surface area (Å²) in [4.78, 5) is 28.6. The standard InChI is InChI=1S/C22H19BrN4O4/c1-5-10-31-19-9-6-14(11-18(19)27(29)30)13-24-26-20(28)16-12-15(23)7-8-17(16)25-21(26)22(2,3)4/h1,6-9,11-13H,10H2,2-4H3. The Balaban J connectivity index is 2.13. The van der Waals surface area contributed by atoms with Crippen molar-refractivity contribution in [2.24, 2.45) is 5.10 Å². The molecule has 0 aliphatic rings. The minimum Gasteiger partial charge on any atom is -0.474 e. The lowest BCUT2D eigenvalue weighted by molar-refractivity contribution is -0.385. The Labute approximate surface area is 186 Å². The maximum atomic E-state index is 13.2. The van der Waals surface area contributed by atoms with Gasteiger partial charge in [0.2, 0.25) is 0 Å². The van der Waals surface area contributed by atoms with Crippen molar-refractivity contribution in [3.8, 4) is 18.1 Å². The Morgan fingerprint density at radius 1 is 1.32 bits per heavy atom. The van der Waals surface area contributed by atoms with Gasteiger partial charge in [-0.2, -0.15) is 9.78 Å². The smallest absolute Gasteiger partial charge is 0.311 e. The number of rotatable bonds is 5. The van der Waals surface area contributed by atoms with E-state index in [1.165, 1.54) is 23.0 Å². The van der Waals surface area contributed by atoms with Crippen LogP contribution in [0.3, 0.4) is 0 Å². The minimum absolute atomic E-state index is 0.0601. The van der Waals surface area contributed by atoms with Gasteiger partial charge in [0.15, 0.2) is 5.75 Å². The fourth-order valence-electron chi connectivity index (χ4n) is 2.86. The summed E-state index contributed by atoms with van der Waals surface area (Å²) in [5.74, 6) is 2.79. The van der Waals surface area contributed by atoms with Gasteiger partial charge < -0.3 is 4.74 Å². The zero-order chi connectivity index (χ0) is 22.8. The molecule has 0 atom stereocenters. The third kappa shape index (κ3) is 4.81. The second-order valence-electron chi connectivity index (χ2n) is 7.69. The van der Waals surface area contributed by atoms with Crippen molar-refractivity contribution in [2.45, 2.75) is 26.2 Å². The summed E-state index contributed by atoms with van der Waals surface area (Å²) in [5, 5.41) is 16.1. The summed E-state index contributed by atoms with van der Waals surface area (Å²) in [6.07, 6.45) is 6.52. The molecule has 0 radical (unpaired) electrons. The van der Waals surface area contributed by atoms with Gasteiger partial charge in [-0.05, 0) is 30.3 Å². The zero-order valence-electron chi connectivity index (χ0n) is 17.1. The third-order valence-corrected chi connectivity index (χ3v) is 4.79. The van der Waals surface area contributed by atoms with Crippen molar-refractivity contribution in [3.05, 3.63) is 72.7 Å². The summed E-state index contributed by atoms with van der Waals surface area (Å²) >= 11 is 3.37. The van der Waals surface area contributed by atoms with Crippen LogP contribution in [0.15, 0.2) is 50.8 Å². The van der Waals surface area contributed by atoms with E-state index < -0.39 is 10.3 Å². The molecule has 0 saturated heterocycles. The monoisotopic (exact) mass is 482 g/mol. The van der Waals surface area contributed by atoms with E-state index in [1.807, 2.05) is 26.8 Å². The number of ether oxygens (including phenoxy) is 1. The first kappa shape index (κ1) is 22.2. The first-order valence-electron chi connectivity index (χ1n) is 9.23. The second-order valence-corrected chi connectivity index (χ2v) is 8.60. The molecule has 158 valence electrons. The lowest BCUT2D eigenvalue weighted by atomic mass is 9.95. The Morgan fingerprint density at radius 3 is 2.71 bits per heavy atom. The molecule has 0 aliphatic carbocycles. The number of nitro groups is 1. The van der Waals surface area contributed by atoms with Crippen LogP contribution < -0.4 is 10.3 Å². The van der Waals surface area contributed by atoms with E-state index in [1.54, 1.807) is 18.2 Å². The molecule has 2 aromatic carbocycles.